The minimum atomic E-state index is -0.371. The lowest BCUT2D eigenvalue weighted by molar-refractivity contribution is -0.150. The molecule has 2 N–H and O–H groups in total. The molecule has 0 bridgehead atoms. The van der Waals surface area contributed by atoms with Crippen LogP contribution in [0.5, 0.6) is 0 Å². The van der Waals surface area contributed by atoms with Crippen molar-refractivity contribution in [1.82, 2.24) is 15.5 Å². The van der Waals surface area contributed by atoms with E-state index in [0.29, 0.717) is 25.6 Å². The highest BCUT2D eigenvalue weighted by Crippen LogP contribution is 2.06. The second-order valence-corrected chi connectivity index (χ2v) is 5.54. The van der Waals surface area contributed by atoms with Gasteiger partial charge in [-0.3, -0.25) is 14.5 Å². The summed E-state index contributed by atoms with van der Waals surface area (Å²) in [4.78, 5) is 25.8. The minimum absolute atomic E-state index is 0.0394. The van der Waals surface area contributed by atoms with E-state index >= 15 is 0 Å². The molecular weight excluding hydrogens is 258 g/mol. The smallest absolute Gasteiger partial charge is 0.324 e. The van der Waals surface area contributed by atoms with Crippen LogP contribution in [0, 0.1) is 5.92 Å². The van der Waals surface area contributed by atoms with Crippen LogP contribution in [0.25, 0.3) is 0 Å². The number of nitrogens with one attached hydrogen (secondary N) is 2. The fourth-order valence-corrected chi connectivity index (χ4v) is 2.06. The van der Waals surface area contributed by atoms with Gasteiger partial charge >= 0.3 is 5.97 Å². The van der Waals surface area contributed by atoms with Crippen molar-refractivity contribution >= 4 is 11.9 Å². The SMILES string of the molecule is CCOC(=O)C1CNCCN1CC(=O)NC(C)C(C)C. The Morgan fingerprint density at radius 1 is 1.40 bits per heavy atom. The first-order valence-corrected chi connectivity index (χ1v) is 7.36. The maximum Gasteiger partial charge on any atom is 0.324 e. The van der Waals surface area contributed by atoms with E-state index in [1.807, 2.05) is 11.8 Å². The lowest BCUT2D eigenvalue weighted by atomic mass is 10.1. The zero-order chi connectivity index (χ0) is 15.1. The van der Waals surface area contributed by atoms with Crippen molar-refractivity contribution in [2.24, 2.45) is 5.92 Å². The van der Waals surface area contributed by atoms with Crippen LogP contribution in [0.1, 0.15) is 27.7 Å². The minimum Gasteiger partial charge on any atom is -0.465 e. The molecule has 0 spiro atoms. The molecule has 1 heterocycles. The summed E-state index contributed by atoms with van der Waals surface area (Å²) in [5.74, 6) is 0.0923. The molecule has 0 aliphatic carbocycles. The molecular formula is C14H27N3O3. The van der Waals surface area contributed by atoms with Gasteiger partial charge in [0, 0.05) is 25.7 Å². The number of amides is 1. The number of carbonyl (C=O) groups excluding carboxylic acids is 2. The molecule has 6 heteroatoms. The highest BCUT2D eigenvalue weighted by Gasteiger charge is 2.31. The quantitative estimate of drug-likeness (QED) is 0.671. The summed E-state index contributed by atoms with van der Waals surface area (Å²) in [5, 5.41) is 6.13. The topological polar surface area (TPSA) is 70.7 Å². The number of hydrogen-bond donors (Lipinski definition) is 2. The van der Waals surface area contributed by atoms with Crippen molar-refractivity contribution in [3.05, 3.63) is 0 Å². The molecule has 1 saturated heterocycles. The number of nitrogens with zero attached hydrogens (tertiary/aromatic N) is 1. The van der Waals surface area contributed by atoms with E-state index in [2.05, 4.69) is 24.5 Å². The summed E-state index contributed by atoms with van der Waals surface area (Å²) in [7, 11) is 0. The largest absolute Gasteiger partial charge is 0.465 e. The molecule has 2 atom stereocenters. The van der Waals surface area contributed by atoms with Crippen molar-refractivity contribution in [1.29, 1.82) is 0 Å². The summed E-state index contributed by atoms with van der Waals surface area (Å²) in [6.07, 6.45) is 0. The van der Waals surface area contributed by atoms with Crippen molar-refractivity contribution in [3.8, 4) is 0 Å². The summed E-state index contributed by atoms with van der Waals surface area (Å²) < 4.78 is 5.06. The molecule has 1 fully saturated rings. The van der Waals surface area contributed by atoms with Crippen LogP contribution < -0.4 is 10.6 Å². The number of piperazine rings is 1. The van der Waals surface area contributed by atoms with Crippen LogP contribution in [0.3, 0.4) is 0 Å². The van der Waals surface area contributed by atoms with Gasteiger partial charge in [0.15, 0.2) is 0 Å². The van der Waals surface area contributed by atoms with Crippen LogP contribution in [-0.2, 0) is 14.3 Å². The normalized spacial score (nSPS) is 21.6. The van der Waals surface area contributed by atoms with E-state index in [0.717, 1.165) is 6.54 Å². The molecule has 2 unspecified atom stereocenters. The van der Waals surface area contributed by atoms with Crippen molar-refractivity contribution in [2.75, 3.05) is 32.8 Å². The van der Waals surface area contributed by atoms with E-state index in [9.17, 15) is 9.59 Å². The molecule has 0 aromatic carbocycles. The first-order chi connectivity index (χ1) is 9.45. The predicted molar refractivity (Wildman–Crippen MR) is 77.3 cm³/mol. The standard InChI is InChI=1S/C14H27N3O3/c1-5-20-14(19)12-8-15-6-7-17(12)9-13(18)16-11(4)10(2)3/h10-12,15H,5-9H2,1-4H3,(H,16,18). The van der Waals surface area contributed by atoms with Gasteiger partial charge in [-0.25, -0.2) is 0 Å². The average Bonchev–Trinajstić information content (AvgIpc) is 2.39. The second kappa shape index (κ2) is 8.21. The van der Waals surface area contributed by atoms with Crippen LogP contribution >= 0.6 is 0 Å². The molecule has 1 aliphatic heterocycles. The summed E-state index contributed by atoms with van der Waals surface area (Å²) in [5.41, 5.74) is 0. The molecule has 20 heavy (non-hydrogen) atoms. The van der Waals surface area contributed by atoms with Crippen molar-refractivity contribution in [2.45, 2.75) is 39.8 Å². The first-order valence-electron chi connectivity index (χ1n) is 7.36. The average molecular weight is 285 g/mol. The molecule has 1 amide bonds. The van der Waals surface area contributed by atoms with Gasteiger partial charge < -0.3 is 15.4 Å². The Morgan fingerprint density at radius 2 is 2.10 bits per heavy atom. The maximum atomic E-state index is 12.0. The third-order valence-electron chi connectivity index (χ3n) is 3.65. The Bertz CT molecular complexity index is 334. The highest BCUT2D eigenvalue weighted by molar-refractivity contribution is 5.81. The van der Waals surface area contributed by atoms with Gasteiger partial charge in [-0.15, -0.1) is 0 Å². The monoisotopic (exact) mass is 285 g/mol. The van der Waals surface area contributed by atoms with E-state index in [1.54, 1.807) is 6.92 Å². The molecule has 0 radical (unpaired) electrons. The third-order valence-corrected chi connectivity index (χ3v) is 3.65. The predicted octanol–water partition coefficient (Wildman–Crippen LogP) is -0.0160. The molecule has 6 nitrogen and oxygen atoms in total. The molecule has 0 aromatic rings. The Morgan fingerprint density at radius 3 is 2.70 bits per heavy atom. The van der Waals surface area contributed by atoms with E-state index in [4.69, 9.17) is 4.74 Å². The lowest BCUT2D eigenvalue weighted by Gasteiger charge is -2.34. The molecule has 116 valence electrons. The second-order valence-electron chi connectivity index (χ2n) is 5.54. The van der Waals surface area contributed by atoms with Gasteiger partial charge in [0.05, 0.1) is 13.2 Å². The Hall–Kier alpha value is -1.14. The van der Waals surface area contributed by atoms with Gasteiger partial charge in [-0.2, -0.15) is 0 Å². The van der Waals surface area contributed by atoms with Crippen LogP contribution in [-0.4, -0.2) is 61.6 Å². The summed E-state index contributed by atoms with van der Waals surface area (Å²) >= 11 is 0. The number of esters is 1. The molecule has 1 rings (SSSR count). The van der Waals surface area contributed by atoms with Gasteiger partial charge in [0.1, 0.15) is 6.04 Å². The third kappa shape index (κ3) is 5.09. The van der Waals surface area contributed by atoms with E-state index in [1.165, 1.54) is 0 Å². The van der Waals surface area contributed by atoms with Crippen molar-refractivity contribution in [3.63, 3.8) is 0 Å². The van der Waals surface area contributed by atoms with Crippen LogP contribution in [0.2, 0.25) is 0 Å². The number of hydrogen-bond acceptors (Lipinski definition) is 5. The van der Waals surface area contributed by atoms with Gasteiger partial charge in [-0.05, 0) is 19.8 Å². The van der Waals surface area contributed by atoms with Gasteiger partial charge in [0.25, 0.3) is 0 Å². The summed E-state index contributed by atoms with van der Waals surface area (Å²) in [6.45, 7) is 10.5. The zero-order valence-electron chi connectivity index (χ0n) is 12.9. The lowest BCUT2D eigenvalue weighted by Crippen LogP contribution is -2.58. The number of ether oxygens (including phenoxy) is 1. The van der Waals surface area contributed by atoms with E-state index < -0.39 is 0 Å². The Kier molecular flexibility index (Phi) is 6.95. The fraction of sp³-hybridized carbons (Fsp3) is 0.857. The fourth-order valence-electron chi connectivity index (χ4n) is 2.06. The van der Waals surface area contributed by atoms with E-state index in [-0.39, 0.29) is 30.5 Å². The molecule has 0 saturated carbocycles. The zero-order valence-corrected chi connectivity index (χ0v) is 12.9. The Balaban J connectivity index is 2.53. The number of carbonyl (C=O) groups is 2. The highest BCUT2D eigenvalue weighted by atomic mass is 16.5. The van der Waals surface area contributed by atoms with Crippen molar-refractivity contribution < 1.29 is 14.3 Å². The van der Waals surface area contributed by atoms with Gasteiger partial charge in [0.2, 0.25) is 5.91 Å². The summed E-state index contributed by atoms with van der Waals surface area (Å²) in [6, 6.07) is -0.240. The van der Waals surface area contributed by atoms with Crippen LogP contribution in [0.4, 0.5) is 0 Å². The van der Waals surface area contributed by atoms with Gasteiger partial charge in [-0.1, -0.05) is 13.8 Å². The Labute approximate surface area is 121 Å². The number of rotatable bonds is 6. The first kappa shape index (κ1) is 16.9. The molecule has 1 aliphatic rings. The molecule has 0 aromatic heterocycles. The maximum absolute atomic E-state index is 12.0. The van der Waals surface area contributed by atoms with Crippen LogP contribution in [0.15, 0.2) is 0 Å².